The van der Waals surface area contributed by atoms with E-state index in [4.69, 9.17) is 15.2 Å². The molecule has 1 atom stereocenters. The maximum Gasteiger partial charge on any atom is 0.264 e. The molecule has 0 aromatic heterocycles. The molecule has 2 aliphatic rings. The fourth-order valence-electron chi connectivity index (χ4n) is 2.71. The third-order valence-electron chi connectivity index (χ3n) is 3.92. The zero-order chi connectivity index (χ0) is 13.9. The van der Waals surface area contributed by atoms with Crippen molar-refractivity contribution in [2.75, 3.05) is 6.61 Å². The van der Waals surface area contributed by atoms with Gasteiger partial charge in [0.25, 0.3) is 5.91 Å². The summed E-state index contributed by atoms with van der Waals surface area (Å²) in [4.78, 5) is 12.2. The third-order valence-corrected chi connectivity index (χ3v) is 3.92. The molecule has 1 heterocycles. The van der Waals surface area contributed by atoms with E-state index in [9.17, 15) is 4.79 Å². The van der Waals surface area contributed by atoms with Crippen LogP contribution in [0.4, 0.5) is 0 Å². The van der Waals surface area contributed by atoms with Crippen molar-refractivity contribution in [3.05, 3.63) is 24.3 Å². The molecule has 5 nitrogen and oxygen atoms in total. The molecule has 21 heavy (non-hydrogen) atoms. The Morgan fingerprint density at radius 3 is 2.52 bits per heavy atom. The lowest BCUT2D eigenvalue weighted by atomic mass is 9.92. The number of rotatable bonds is 2. The van der Waals surface area contributed by atoms with E-state index in [1.165, 1.54) is 0 Å². The summed E-state index contributed by atoms with van der Waals surface area (Å²) in [7, 11) is 0. The van der Waals surface area contributed by atoms with Gasteiger partial charge in [-0.3, -0.25) is 4.79 Å². The topological polar surface area (TPSA) is 73.6 Å². The van der Waals surface area contributed by atoms with Crippen molar-refractivity contribution in [1.29, 1.82) is 0 Å². The molecule has 0 spiro atoms. The van der Waals surface area contributed by atoms with Crippen LogP contribution < -0.4 is 20.5 Å². The highest BCUT2D eigenvalue weighted by Gasteiger charge is 2.29. The molecule has 0 radical (unpaired) electrons. The van der Waals surface area contributed by atoms with Crippen LogP contribution in [-0.2, 0) is 4.79 Å². The number of hydrogen-bond acceptors (Lipinski definition) is 4. The molecule has 3 rings (SSSR count). The Bertz CT molecular complexity index is 490. The number of nitrogens with one attached hydrogen (secondary N) is 1. The highest BCUT2D eigenvalue weighted by molar-refractivity contribution is 5.85. The smallest absolute Gasteiger partial charge is 0.264 e. The Morgan fingerprint density at radius 2 is 1.81 bits per heavy atom. The van der Waals surface area contributed by atoms with Crippen LogP contribution in [0.1, 0.15) is 25.7 Å². The summed E-state index contributed by atoms with van der Waals surface area (Å²) >= 11 is 0. The Morgan fingerprint density at radius 1 is 1.14 bits per heavy atom. The highest BCUT2D eigenvalue weighted by atomic mass is 35.5. The van der Waals surface area contributed by atoms with Gasteiger partial charge in [-0.2, -0.15) is 0 Å². The number of amides is 1. The van der Waals surface area contributed by atoms with Crippen molar-refractivity contribution < 1.29 is 14.3 Å². The molecule has 1 aromatic carbocycles. The van der Waals surface area contributed by atoms with Crippen LogP contribution in [0, 0.1) is 0 Å². The van der Waals surface area contributed by atoms with Crippen molar-refractivity contribution in [2.24, 2.45) is 5.73 Å². The summed E-state index contributed by atoms with van der Waals surface area (Å²) in [6.07, 6.45) is 3.25. The third kappa shape index (κ3) is 3.80. The average molecular weight is 313 g/mol. The van der Waals surface area contributed by atoms with Crippen molar-refractivity contribution >= 4 is 18.3 Å². The van der Waals surface area contributed by atoms with Crippen LogP contribution in [0.3, 0.4) is 0 Å². The molecular formula is C15H21ClN2O3. The monoisotopic (exact) mass is 312 g/mol. The average Bonchev–Trinajstić information content (AvgIpc) is 2.49. The van der Waals surface area contributed by atoms with Gasteiger partial charge in [-0.1, -0.05) is 12.1 Å². The van der Waals surface area contributed by atoms with Gasteiger partial charge in [0.15, 0.2) is 11.5 Å². The van der Waals surface area contributed by atoms with E-state index in [1.54, 1.807) is 0 Å². The number of nitrogens with two attached hydrogens (primary N) is 1. The van der Waals surface area contributed by atoms with E-state index in [0.29, 0.717) is 11.5 Å². The van der Waals surface area contributed by atoms with Crippen LogP contribution in [0.25, 0.3) is 0 Å². The fourth-order valence-corrected chi connectivity index (χ4v) is 2.71. The van der Waals surface area contributed by atoms with Crippen LogP contribution in [0.2, 0.25) is 0 Å². The molecule has 1 saturated carbocycles. The number of halogens is 1. The molecule has 1 aliphatic heterocycles. The van der Waals surface area contributed by atoms with Gasteiger partial charge in [0.2, 0.25) is 6.10 Å². The molecule has 1 aromatic rings. The van der Waals surface area contributed by atoms with E-state index in [1.807, 2.05) is 24.3 Å². The predicted molar refractivity (Wildman–Crippen MR) is 82.0 cm³/mol. The SMILES string of the molecule is Cl.NC1CCC(NC(=O)C2COc3ccccc3O2)CC1. The second kappa shape index (κ2) is 7.00. The van der Waals surface area contributed by atoms with Gasteiger partial charge in [0, 0.05) is 12.1 Å². The first-order valence-corrected chi connectivity index (χ1v) is 7.17. The zero-order valence-corrected chi connectivity index (χ0v) is 12.6. The summed E-state index contributed by atoms with van der Waals surface area (Å²) in [5.41, 5.74) is 5.87. The summed E-state index contributed by atoms with van der Waals surface area (Å²) in [5.74, 6) is 1.23. The number of carbonyl (C=O) groups excluding carboxylic acids is 1. The Hall–Kier alpha value is -1.46. The second-order valence-electron chi connectivity index (χ2n) is 5.48. The minimum absolute atomic E-state index is 0. The van der Waals surface area contributed by atoms with Crippen LogP contribution >= 0.6 is 12.4 Å². The molecule has 3 N–H and O–H groups in total. The first-order valence-electron chi connectivity index (χ1n) is 7.17. The quantitative estimate of drug-likeness (QED) is 0.870. The first kappa shape index (κ1) is 15.9. The number of carbonyl (C=O) groups is 1. The summed E-state index contributed by atoms with van der Waals surface area (Å²) in [6.45, 7) is 0.259. The minimum Gasteiger partial charge on any atom is -0.485 e. The molecule has 1 unspecified atom stereocenters. The van der Waals surface area contributed by atoms with Gasteiger partial charge >= 0.3 is 0 Å². The van der Waals surface area contributed by atoms with E-state index in [0.717, 1.165) is 25.7 Å². The fraction of sp³-hybridized carbons (Fsp3) is 0.533. The lowest BCUT2D eigenvalue weighted by Crippen LogP contribution is -2.49. The Balaban J connectivity index is 0.00000161. The van der Waals surface area contributed by atoms with Crippen LogP contribution in [0.15, 0.2) is 24.3 Å². The van der Waals surface area contributed by atoms with E-state index >= 15 is 0 Å². The molecule has 116 valence electrons. The number of fused-ring (bicyclic) bond motifs is 1. The maximum atomic E-state index is 12.2. The molecular weight excluding hydrogens is 292 g/mol. The van der Waals surface area contributed by atoms with Gasteiger partial charge in [-0.05, 0) is 37.8 Å². The van der Waals surface area contributed by atoms with Crippen molar-refractivity contribution in [1.82, 2.24) is 5.32 Å². The van der Waals surface area contributed by atoms with E-state index in [2.05, 4.69) is 5.32 Å². The highest BCUT2D eigenvalue weighted by Crippen LogP contribution is 2.31. The molecule has 0 saturated heterocycles. The number of para-hydroxylation sites is 2. The molecule has 1 amide bonds. The van der Waals surface area contributed by atoms with Gasteiger partial charge in [-0.15, -0.1) is 12.4 Å². The Kier molecular flexibility index (Phi) is 5.31. The minimum atomic E-state index is -0.569. The normalized spacial score (nSPS) is 27.4. The Labute approximate surface area is 130 Å². The molecule has 6 heteroatoms. The van der Waals surface area contributed by atoms with Gasteiger partial charge in [0.1, 0.15) is 6.61 Å². The van der Waals surface area contributed by atoms with E-state index < -0.39 is 6.10 Å². The number of benzene rings is 1. The summed E-state index contributed by atoms with van der Waals surface area (Å²) in [5, 5.41) is 3.04. The van der Waals surface area contributed by atoms with Gasteiger partial charge in [-0.25, -0.2) is 0 Å². The lowest BCUT2D eigenvalue weighted by molar-refractivity contribution is -0.131. The van der Waals surface area contributed by atoms with Crippen molar-refractivity contribution in [2.45, 2.75) is 43.9 Å². The molecule has 0 bridgehead atoms. The maximum absolute atomic E-state index is 12.2. The number of ether oxygens (including phenoxy) is 2. The van der Waals surface area contributed by atoms with Gasteiger partial charge < -0.3 is 20.5 Å². The largest absolute Gasteiger partial charge is 0.485 e. The lowest BCUT2D eigenvalue weighted by Gasteiger charge is -2.30. The van der Waals surface area contributed by atoms with Crippen LogP contribution in [0.5, 0.6) is 11.5 Å². The van der Waals surface area contributed by atoms with Crippen molar-refractivity contribution in [3.8, 4) is 11.5 Å². The standard InChI is InChI=1S/C15H20N2O3.ClH/c16-10-5-7-11(8-6-10)17-15(18)14-9-19-12-3-1-2-4-13(12)20-14;/h1-4,10-11,14H,5-9,16H2,(H,17,18);1H. The predicted octanol–water partition coefficient (Wildman–Crippen LogP) is 1.63. The molecule has 1 fully saturated rings. The van der Waals surface area contributed by atoms with E-state index in [-0.39, 0.29) is 37.0 Å². The van der Waals surface area contributed by atoms with Crippen molar-refractivity contribution in [3.63, 3.8) is 0 Å². The second-order valence-corrected chi connectivity index (χ2v) is 5.48. The number of hydrogen-bond donors (Lipinski definition) is 2. The van der Waals surface area contributed by atoms with Gasteiger partial charge in [0.05, 0.1) is 0 Å². The summed E-state index contributed by atoms with van der Waals surface area (Å²) in [6, 6.07) is 7.89. The van der Waals surface area contributed by atoms with Crippen LogP contribution in [-0.4, -0.2) is 30.7 Å². The first-order chi connectivity index (χ1) is 9.72. The summed E-state index contributed by atoms with van der Waals surface area (Å²) < 4.78 is 11.3. The molecule has 1 aliphatic carbocycles. The zero-order valence-electron chi connectivity index (χ0n) is 11.8.